The van der Waals surface area contributed by atoms with Gasteiger partial charge in [-0.15, -0.1) is 0 Å². The molecule has 0 fully saturated rings. The summed E-state index contributed by atoms with van der Waals surface area (Å²) in [5, 5.41) is 1.25. The molecule has 10 heteroatoms. The smallest absolute Gasteiger partial charge is 0.174 e. The Bertz CT molecular complexity index is 1950. The maximum atomic E-state index is 8.60. The normalized spacial score (nSPS) is 13.2. The summed E-state index contributed by atoms with van der Waals surface area (Å²) >= 11 is 0. The number of benzene rings is 4. The predicted octanol–water partition coefficient (Wildman–Crippen LogP) is 4.55. The molecule has 0 unspecified atom stereocenters. The molecule has 9 nitrogen and oxygen atoms in total. The van der Waals surface area contributed by atoms with E-state index in [4.69, 9.17) is 28.6 Å². The second-order valence-corrected chi connectivity index (χ2v) is 12.0. The lowest BCUT2D eigenvalue weighted by Crippen LogP contribution is -2.58. The molecule has 2 aromatic heterocycles. The first kappa shape index (κ1) is 32.9. The van der Waals surface area contributed by atoms with Crippen LogP contribution in [0.4, 0.5) is 11.6 Å². The molecule has 6 aromatic rings. The van der Waals surface area contributed by atoms with E-state index in [-0.39, 0.29) is 6.17 Å². The zero-order chi connectivity index (χ0) is 33.8. The summed E-state index contributed by atoms with van der Waals surface area (Å²) in [6.07, 6.45) is 4.62. The Morgan fingerprint density at radius 2 is 1.08 bits per heavy atom. The van der Waals surface area contributed by atoms with Gasteiger partial charge in [0, 0.05) is 47.7 Å². The van der Waals surface area contributed by atoms with Crippen LogP contribution in [0.15, 0.2) is 121 Å². The Labute approximate surface area is 282 Å². The number of fused-ring (bicyclic) bond motifs is 2. The first-order chi connectivity index (χ1) is 23.2. The lowest BCUT2D eigenvalue weighted by molar-refractivity contribution is -1.92. The number of rotatable bonds is 7. The second kappa shape index (κ2) is 14.0. The van der Waals surface area contributed by atoms with E-state index < -0.39 is 10.2 Å². The third kappa shape index (κ3) is 6.68. The number of para-hydroxylation sites is 1. The number of hydrogen-bond donors (Lipinski definition) is 1. The molecule has 4 aromatic carbocycles. The van der Waals surface area contributed by atoms with Crippen LogP contribution in [0.5, 0.6) is 0 Å². The van der Waals surface area contributed by atoms with E-state index in [0.29, 0.717) is 0 Å². The highest BCUT2D eigenvalue weighted by atomic mass is 35.7. The fourth-order valence-electron chi connectivity index (χ4n) is 6.42. The summed E-state index contributed by atoms with van der Waals surface area (Å²) in [4.78, 5) is 15.5. The predicted molar refractivity (Wildman–Crippen MR) is 182 cm³/mol. The quantitative estimate of drug-likeness (QED) is 0.264. The van der Waals surface area contributed by atoms with Crippen molar-refractivity contribution < 1.29 is 28.9 Å². The molecule has 0 bridgehead atoms. The molecule has 1 aliphatic heterocycles. The van der Waals surface area contributed by atoms with Crippen LogP contribution in [-0.2, 0) is 7.05 Å². The van der Waals surface area contributed by atoms with E-state index in [9.17, 15) is 0 Å². The molecule has 1 N–H and O–H groups in total. The van der Waals surface area contributed by atoms with Crippen molar-refractivity contribution in [1.29, 1.82) is 0 Å². The van der Waals surface area contributed by atoms with Crippen LogP contribution in [0, 0.1) is 10.2 Å². The maximum absolute atomic E-state index is 8.60. The fourth-order valence-corrected chi connectivity index (χ4v) is 6.42. The van der Waals surface area contributed by atoms with Gasteiger partial charge in [-0.2, -0.15) is 14.0 Å². The summed E-state index contributed by atoms with van der Waals surface area (Å²) in [7, 11) is -2.53. The molecule has 244 valence electrons. The van der Waals surface area contributed by atoms with Crippen molar-refractivity contribution in [2.45, 2.75) is 20.0 Å². The fraction of sp³-hybridized carbons (Fsp3) is 0.158. The van der Waals surface area contributed by atoms with Crippen molar-refractivity contribution in [2.75, 3.05) is 22.9 Å². The van der Waals surface area contributed by atoms with Gasteiger partial charge in [0.05, 0.1) is 32.0 Å². The maximum Gasteiger partial charge on any atom is 0.174 e. The molecule has 0 radical (unpaired) electrons. The number of hydrogen-bond acceptors (Lipinski definition) is 8. The first-order valence-corrected chi connectivity index (χ1v) is 17.0. The van der Waals surface area contributed by atoms with E-state index in [1.54, 1.807) is 0 Å². The molecule has 1 aliphatic rings. The molecule has 0 saturated heterocycles. The first-order valence-electron chi connectivity index (χ1n) is 15.7. The Kier molecular flexibility index (Phi) is 9.58. The van der Waals surface area contributed by atoms with Crippen LogP contribution in [-0.4, -0.2) is 38.4 Å². The van der Waals surface area contributed by atoms with Gasteiger partial charge >= 0.3 is 0 Å². The Morgan fingerprint density at radius 3 is 1.54 bits per heavy atom. The third-order valence-electron chi connectivity index (χ3n) is 8.45. The monoisotopic (exact) mass is 661 g/mol. The highest BCUT2D eigenvalue weighted by Gasteiger charge is 2.37. The van der Waals surface area contributed by atoms with Gasteiger partial charge in [-0.25, -0.2) is 9.97 Å². The van der Waals surface area contributed by atoms with Gasteiger partial charge < -0.3 is 14.4 Å². The van der Waals surface area contributed by atoms with Gasteiger partial charge in [-0.1, -0.05) is 115 Å². The van der Waals surface area contributed by atoms with Crippen LogP contribution in [0.1, 0.15) is 19.4 Å². The number of likely N-dealkylation sites (N-methyl/N-ethyl adjacent to an activating group) is 2. The van der Waals surface area contributed by atoms with Gasteiger partial charge in [0.25, 0.3) is 0 Å². The molecule has 0 spiro atoms. The molecular weight excluding hydrogens is 626 g/mol. The lowest BCUT2D eigenvalue weighted by Gasteiger charge is -2.28. The van der Waals surface area contributed by atoms with Crippen molar-refractivity contribution in [2.24, 2.45) is 7.05 Å². The average molecular weight is 662 g/mol. The van der Waals surface area contributed by atoms with Crippen molar-refractivity contribution in [3.63, 3.8) is 0 Å². The molecule has 3 heterocycles. The van der Waals surface area contributed by atoms with Crippen LogP contribution in [0.3, 0.4) is 0 Å². The third-order valence-corrected chi connectivity index (χ3v) is 8.45. The number of anilines is 2. The molecule has 0 amide bonds. The Balaban J connectivity index is 0.000000749. The van der Waals surface area contributed by atoms with E-state index in [1.807, 2.05) is 12.1 Å². The van der Waals surface area contributed by atoms with Gasteiger partial charge in [0.1, 0.15) is 6.17 Å². The molecule has 0 aliphatic carbocycles. The number of nitrogens with zero attached hydrogens (tertiary/aromatic N) is 5. The van der Waals surface area contributed by atoms with Gasteiger partial charge in [0.15, 0.2) is 11.6 Å². The molecule has 48 heavy (non-hydrogen) atoms. The SMILES string of the molecule is CCN1c2nc(-c3ccccc3)c(-c3ccccc3)nc2N(CC)C1/C=C/c1c(-c2ccccc2)n(C)c2ccccc12.[O-][Cl+3]([O-])([O-])O. The number of aromatic nitrogens is 3. The average Bonchev–Trinajstić information content (AvgIpc) is 3.56. The highest BCUT2D eigenvalue weighted by molar-refractivity contribution is 5.98. The number of halogens is 1. The van der Waals surface area contributed by atoms with Crippen LogP contribution in [0.25, 0.3) is 50.8 Å². The highest BCUT2D eigenvalue weighted by Crippen LogP contribution is 2.42. The van der Waals surface area contributed by atoms with E-state index in [0.717, 1.165) is 47.2 Å². The largest absolute Gasteiger partial charge is 0.343 e. The van der Waals surface area contributed by atoms with Gasteiger partial charge in [-0.05, 0) is 31.6 Å². The minimum atomic E-state index is -4.69. The summed E-state index contributed by atoms with van der Waals surface area (Å²) < 4.78 is 35.0. The van der Waals surface area contributed by atoms with Gasteiger partial charge in [-0.3, -0.25) is 0 Å². The number of aryl methyl sites for hydroxylation is 1. The van der Waals surface area contributed by atoms with E-state index >= 15 is 0 Å². The van der Waals surface area contributed by atoms with Crippen molar-refractivity contribution >= 4 is 28.6 Å². The van der Waals surface area contributed by atoms with Crippen molar-refractivity contribution in [3.8, 4) is 33.8 Å². The van der Waals surface area contributed by atoms with Crippen molar-refractivity contribution in [3.05, 3.63) is 127 Å². The topological polar surface area (TPSA) is 127 Å². The minimum Gasteiger partial charge on any atom is -0.343 e. The van der Waals surface area contributed by atoms with Crippen LogP contribution >= 0.6 is 0 Å². The Hall–Kier alpha value is -5.03. The van der Waals surface area contributed by atoms with Crippen LogP contribution in [0.2, 0.25) is 0 Å². The summed E-state index contributed by atoms with van der Waals surface area (Å²) in [5.74, 6) is 1.86. The van der Waals surface area contributed by atoms with Crippen molar-refractivity contribution in [1.82, 2.24) is 14.5 Å². The zero-order valence-electron chi connectivity index (χ0n) is 26.9. The molecular formula is C38H36ClN5O4. The van der Waals surface area contributed by atoms with Gasteiger partial charge in [0.2, 0.25) is 0 Å². The summed E-state index contributed by atoms with van der Waals surface area (Å²) in [6, 6.07) is 40.2. The zero-order valence-corrected chi connectivity index (χ0v) is 27.7. The van der Waals surface area contributed by atoms with Crippen LogP contribution < -0.4 is 23.8 Å². The standard InChI is InChI=1S/C38H35N5.ClHO4/c1-4-42-33(26-25-31-30-23-15-16-24-32(30)41(3)36(31)29-21-13-8-14-22-29)43(5-2)38-37(42)39-34(27-17-9-6-10-18-27)35(40-38)28-19-11-7-12-20-28;2-1(3,4)5/h6-26,33H,4-5H2,1-3H3;(H,2,3,4,5)/b26-25+;. The van der Waals surface area contributed by atoms with E-state index in [2.05, 4.69) is 151 Å². The molecule has 7 rings (SSSR count). The second-order valence-electron chi connectivity index (χ2n) is 11.2. The summed E-state index contributed by atoms with van der Waals surface area (Å²) in [5.41, 5.74) is 8.82. The molecule has 0 saturated carbocycles. The molecule has 0 atom stereocenters. The lowest BCUT2D eigenvalue weighted by atomic mass is 10.0. The Morgan fingerprint density at radius 1 is 0.667 bits per heavy atom. The minimum absolute atomic E-state index is 0.0118. The summed E-state index contributed by atoms with van der Waals surface area (Å²) in [6.45, 7) is 6.03. The van der Waals surface area contributed by atoms with E-state index in [1.165, 1.54) is 27.7 Å².